The first-order chi connectivity index (χ1) is 30.3. The van der Waals surface area contributed by atoms with Gasteiger partial charge in [-0.1, -0.05) is 146 Å². The van der Waals surface area contributed by atoms with Crippen molar-refractivity contribution in [3.05, 3.63) is 236 Å². The predicted molar refractivity (Wildman–Crippen MR) is 233 cm³/mol. The van der Waals surface area contributed by atoms with Gasteiger partial charge in [-0.15, -0.1) is 0 Å². The van der Waals surface area contributed by atoms with Crippen LogP contribution in [0.2, 0.25) is 0 Å². The Morgan fingerprint density at radius 3 is 1.42 bits per heavy atom. The van der Waals surface area contributed by atoms with E-state index in [0.717, 1.165) is 33.4 Å². The molecule has 4 atom stereocenters. The molecule has 0 aliphatic carbocycles. The van der Waals surface area contributed by atoms with Crippen LogP contribution >= 0.6 is 0 Å². The van der Waals surface area contributed by atoms with Crippen LogP contribution in [0.25, 0.3) is 0 Å². The van der Waals surface area contributed by atoms with Gasteiger partial charge in [-0.05, 0) is 57.6 Å². The molecule has 1 aromatic heterocycles. The van der Waals surface area contributed by atoms with Crippen molar-refractivity contribution in [2.24, 2.45) is 0 Å². The molecular weight excluding hydrogens is 785 g/mol. The molecule has 314 valence electrons. The van der Waals surface area contributed by atoms with Crippen molar-refractivity contribution in [2.45, 2.75) is 42.7 Å². The maximum atomic E-state index is 13.8. The van der Waals surface area contributed by atoms with Crippen LogP contribution in [-0.4, -0.2) is 54.7 Å². The highest BCUT2D eigenvalue weighted by molar-refractivity contribution is 5.66. The lowest BCUT2D eigenvalue weighted by atomic mass is 9.79. The monoisotopic (exact) mass is 830 g/mol. The van der Waals surface area contributed by atoms with Crippen LogP contribution in [0.4, 0.5) is 0 Å². The van der Waals surface area contributed by atoms with Crippen LogP contribution < -0.4 is 20.7 Å². The number of ether oxygens (including phenoxy) is 6. The summed E-state index contributed by atoms with van der Waals surface area (Å²) in [5, 5.41) is 0. The van der Waals surface area contributed by atoms with Crippen LogP contribution in [0.1, 0.15) is 46.5 Å². The second-order valence-corrected chi connectivity index (χ2v) is 14.8. The van der Waals surface area contributed by atoms with E-state index < -0.39 is 53.0 Å². The molecule has 1 aliphatic heterocycles. The van der Waals surface area contributed by atoms with Gasteiger partial charge in [-0.2, -0.15) is 0 Å². The topological polar surface area (TPSA) is 127 Å². The van der Waals surface area contributed by atoms with E-state index in [1.807, 2.05) is 170 Å². The fraction of sp³-hybridized carbons (Fsp3) is 0.196. The number of hydrogen-bond donors (Lipinski definition) is 1. The van der Waals surface area contributed by atoms with Crippen molar-refractivity contribution >= 4 is 5.97 Å². The molecule has 11 heteroatoms. The number of nitrogens with zero attached hydrogens (tertiary/aromatic N) is 1. The molecule has 1 saturated heterocycles. The second-order valence-electron chi connectivity index (χ2n) is 14.8. The lowest BCUT2D eigenvalue weighted by Crippen LogP contribution is -2.47. The Morgan fingerprint density at radius 1 is 0.581 bits per heavy atom. The standard InChI is InChI=1S/C51H46N2O9/c1-35(54)60-46-44(34-59-50(36-16-8-4-9-17-36,37-18-10-5-11-19-37)40-24-28-42(57-2)29-25-40)61-48(53-33-32-45(55)52-49(53)56)47(46)62-51(38-20-12-6-13-21-38,39-22-14-7-15-23-39)41-26-30-43(58-3)31-27-41/h4-33,44,46-48H,34H2,1-3H3,(H,52,55,56)/t44-,46-,47-,48-/m1/s1. The molecule has 7 aromatic rings. The number of nitrogens with one attached hydrogen (secondary N) is 1. The van der Waals surface area contributed by atoms with Crippen molar-refractivity contribution in [2.75, 3.05) is 20.8 Å². The molecular formula is C51H46N2O9. The molecule has 1 N–H and O–H groups in total. The van der Waals surface area contributed by atoms with E-state index in [1.165, 1.54) is 23.8 Å². The Bertz CT molecular complexity index is 2590. The number of H-pyrrole nitrogens is 1. The average molecular weight is 831 g/mol. The molecule has 62 heavy (non-hydrogen) atoms. The fourth-order valence-corrected chi connectivity index (χ4v) is 8.36. The zero-order valence-corrected chi connectivity index (χ0v) is 34.5. The molecule has 2 heterocycles. The van der Waals surface area contributed by atoms with Gasteiger partial charge in [-0.25, -0.2) is 4.79 Å². The Morgan fingerprint density at radius 2 is 1.00 bits per heavy atom. The van der Waals surface area contributed by atoms with E-state index in [-0.39, 0.29) is 6.61 Å². The number of methoxy groups -OCH3 is 2. The van der Waals surface area contributed by atoms with Crippen LogP contribution in [0.3, 0.4) is 0 Å². The molecule has 8 rings (SSSR count). The summed E-state index contributed by atoms with van der Waals surface area (Å²) in [6.45, 7) is 1.16. The van der Waals surface area contributed by atoms with E-state index >= 15 is 0 Å². The van der Waals surface area contributed by atoms with Gasteiger partial charge in [0.2, 0.25) is 0 Å². The van der Waals surface area contributed by atoms with E-state index in [9.17, 15) is 14.4 Å². The number of carbonyl (C=O) groups is 1. The summed E-state index contributed by atoms with van der Waals surface area (Å²) >= 11 is 0. The molecule has 0 amide bonds. The minimum Gasteiger partial charge on any atom is -0.497 e. The van der Waals surface area contributed by atoms with Gasteiger partial charge in [-0.3, -0.25) is 19.1 Å². The van der Waals surface area contributed by atoms with Crippen LogP contribution in [0, 0.1) is 0 Å². The molecule has 0 unspecified atom stereocenters. The highest BCUT2D eigenvalue weighted by Crippen LogP contribution is 2.48. The molecule has 0 saturated carbocycles. The van der Waals surface area contributed by atoms with Crippen LogP contribution in [0.5, 0.6) is 11.5 Å². The number of aromatic nitrogens is 2. The van der Waals surface area contributed by atoms with Gasteiger partial charge < -0.3 is 28.4 Å². The van der Waals surface area contributed by atoms with Gasteiger partial charge in [0, 0.05) is 19.2 Å². The van der Waals surface area contributed by atoms with Gasteiger partial charge in [0.05, 0.1) is 20.8 Å². The Balaban J connectivity index is 1.32. The van der Waals surface area contributed by atoms with Crippen molar-refractivity contribution < 1.29 is 33.2 Å². The van der Waals surface area contributed by atoms with Crippen molar-refractivity contribution in [3.63, 3.8) is 0 Å². The zero-order valence-electron chi connectivity index (χ0n) is 34.5. The highest BCUT2D eigenvalue weighted by atomic mass is 16.6. The molecule has 0 spiro atoms. The third kappa shape index (κ3) is 8.08. The lowest BCUT2D eigenvalue weighted by Gasteiger charge is -2.40. The minimum atomic E-state index is -1.39. The third-order valence-corrected chi connectivity index (χ3v) is 11.2. The van der Waals surface area contributed by atoms with Gasteiger partial charge >= 0.3 is 11.7 Å². The lowest BCUT2D eigenvalue weighted by molar-refractivity contribution is -0.164. The molecule has 6 aromatic carbocycles. The van der Waals surface area contributed by atoms with Gasteiger partial charge in [0.25, 0.3) is 5.56 Å². The first kappa shape index (κ1) is 41.7. The maximum Gasteiger partial charge on any atom is 0.330 e. The van der Waals surface area contributed by atoms with E-state index in [4.69, 9.17) is 28.4 Å². The van der Waals surface area contributed by atoms with Crippen molar-refractivity contribution in [1.29, 1.82) is 0 Å². The van der Waals surface area contributed by atoms with E-state index in [0.29, 0.717) is 11.5 Å². The van der Waals surface area contributed by atoms with E-state index in [2.05, 4.69) is 4.98 Å². The fourth-order valence-electron chi connectivity index (χ4n) is 8.36. The first-order valence-electron chi connectivity index (χ1n) is 20.2. The molecule has 0 radical (unpaired) electrons. The predicted octanol–water partition coefficient (Wildman–Crippen LogP) is 7.77. The number of esters is 1. The Labute approximate surface area is 359 Å². The summed E-state index contributed by atoms with van der Waals surface area (Å²) in [6.07, 6.45) is -3.28. The van der Waals surface area contributed by atoms with Crippen LogP contribution in [-0.2, 0) is 34.9 Å². The SMILES string of the molecule is COc1ccc(C(OC[C@H]2O[C@@H](n3ccc(=O)[nH]c3=O)[C@H](OC(c3ccccc3)(c3ccccc3)c3ccc(OC)cc3)[C@@H]2OC(C)=O)(c2ccccc2)c2ccccc2)cc1. The number of aromatic amines is 1. The number of carbonyl (C=O) groups excluding carboxylic acids is 1. The maximum absolute atomic E-state index is 13.8. The summed E-state index contributed by atoms with van der Waals surface area (Å²) in [5.41, 5.74) is 0.725. The summed E-state index contributed by atoms with van der Waals surface area (Å²) in [5.74, 6) is 0.704. The summed E-state index contributed by atoms with van der Waals surface area (Å²) in [6, 6.07) is 55.4. The Hall–Kier alpha value is -7.05. The first-order valence-corrected chi connectivity index (χ1v) is 20.2. The molecule has 1 aliphatic rings. The number of rotatable bonds is 15. The normalized spacial score (nSPS) is 17.6. The summed E-state index contributed by atoms with van der Waals surface area (Å²) in [4.78, 5) is 41.9. The molecule has 11 nitrogen and oxygen atoms in total. The minimum absolute atomic E-state index is 0.158. The third-order valence-electron chi connectivity index (χ3n) is 11.2. The van der Waals surface area contributed by atoms with E-state index in [1.54, 1.807) is 14.2 Å². The second kappa shape index (κ2) is 18.3. The quantitative estimate of drug-likeness (QED) is 0.0815. The smallest absolute Gasteiger partial charge is 0.330 e. The number of benzene rings is 6. The van der Waals surface area contributed by atoms with Crippen molar-refractivity contribution in [3.8, 4) is 11.5 Å². The molecule has 0 bridgehead atoms. The Kier molecular flexibility index (Phi) is 12.3. The zero-order chi connectivity index (χ0) is 43.1. The summed E-state index contributed by atoms with van der Waals surface area (Å²) < 4.78 is 40.4. The van der Waals surface area contributed by atoms with Crippen molar-refractivity contribution in [1.82, 2.24) is 9.55 Å². The van der Waals surface area contributed by atoms with Gasteiger partial charge in [0.1, 0.15) is 34.9 Å². The molecule has 1 fully saturated rings. The summed E-state index contributed by atoms with van der Waals surface area (Å²) in [7, 11) is 3.21. The van der Waals surface area contributed by atoms with Gasteiger partial charge in [0.15, 0.2) is 12.3 Å². The highest BCUT2D eigenvalue weighted by Gasteiger charge is 2.54. The number of hydrogen-bond acceptors (Lipinski definition) is 9. The average Bonchev–Trinajstić information content (AvgIpc) is 3.64. The van der Waals surface area contributed by atoms with Crippen LogP contribution in [0.15, 0.2) is 192 Å². The largest absolute Gasteiger partial charge is 0.497 e.